The van der Waals surface area contributed by atoms with Gasteiger partial charge in [0.05, 0.1) is 12.2 Å². The Kier molecular flexibility index (Phi) is 2.31. The van der Waals surface area contributed by atoms with Crippen LogP contribution in [0.2, 0.25) is 0 Å². The maximum absolute atomic E-state index is 11.9. The van der Waals surface area contributed by atoms with Crippen molar-refractivity contribution in [2.75, 3.05) is 13.1 Å². The number of urea groups is 1. The fraction of sp³-hybridized carbons (Fsp3) is 0.909. The van der Waals surface area contributed by atoms with Gasteiger partial charge < -0.3 is 15.0 Å². The highest BCUT2D eigenvalue weighted by Gasteiger charge is 2.36. The average molecular weight is 210 g/mol. The summed E-state index contributed by atoms with van der Waals surface area (Å²) in [4.78, 5) is 13.8. The predicted molar refractivity (Wildman–Crippen MR) is 55.6 cm³/mol. The van der Waals surface area contributed by atoms with E-state index in [0.29, 0.717) is 18.2 Å². The zero-order valence-corrected chi connectivity index (χ0v) is 8.95. The lowest BCUT2D eigenvalue weighted by Crippen LogP contribution is -2.53. The molecule has 2 amide bonds. The van der Waals surface area contributed by atoms with E-state index in [2.05, 4.69) is 5.32 Å². The number of ether oxygens (including phenoxy) is 1. The van der Waals surface area contributed by atoms with E-state index in [9.17, 15) is 4.79 Å². The maximum Gasteiger partial charge on any atom is 0.317 e. The van der Waals surface area contributed by atoms with E-state index >= 15 is 0 Å². The molecule has 0 aromatic heterocycles. The Labute approximate surface area is 90.0 Å². The van der Waals surface area contributed by atoms with Gasteiger partial charge in [0, 0.05) is 19.1 Å². The van der Waals surface area contributed by atoms with Gasteiger partial charge in [0.1, 0.15) is 0 Å². The van der Waals surface area contributed by atoms with Gasteiger partial charge in [0.15, 0.2) is 0 Å². The molecule has 84 valence electrons. The molecule has 4 heteroatoms. The molecular weight excluding hydrogens is 192 g/mol. The number of rotatable bonds is 1. The second kappa shape index (κ2) is 3.67. The number of hydrogen-bond acceptors (Lipinski definition) is 2. The molecule has 2 unspecified atom stereocenters. The van der Waals surface area contributed by atoms with Crippen molar-refractivity contribution in [2.24, 2.45) is 0 Å². The summed E-state index contributed by atoms with van der Waals surface area (Å²) in [5.41, 5.74) is 0. The summed E-state index contributed by atoms with van der Waals surface area (Å²) >= 11 is 0. The van der Waals surface area contributed by atoms with Gasteiger partial charge in [0.2, 0.25) is 0 Å². The first kappa shape index (κ1) is 9.46. The molecule has 1 N–H and O–H groups in total. The average Bonchev–Trinajstić information content (AvgIpc) is 2.51. The molecule has 3 fully saturated rings. The summed E-state index contributed by atoms with van der Waals surface area (Å²) in [7, 11) is 0. The van der Waals surface area contributed by atoms with Crippen LogP contribution < -0.4 is 5.32 Å². The molecule has 0 radical (unpaired) electrons. The minimum atomic E-state index is 0.125. The minimum absolute atomic E-state index is 0.125. The van der Waals surface area contributed by atoms with Gasteiger partial charge in [-0.1, -0.05) is 0 Å². The maximum atomic E-state index is 11.9. The van der Waals surface area contributed by atoms with Crippen LogP contribution in [0.5, 0.6) is 0 Å². The molecule has 3 aliphatic rings. The van der Waals surface area contributed by atoms with Crippen LogP contribution in [0.25, 0.3) is 0 Å². The van der Waals surface area contributed by atoms with Crippen LogP contribution in [0, 0.1) is 0 Å². The number of carbonyl (C=O) groups excluding carboxylic acids is 1. The lowest BCUT2D eigenvalue weighted by molar-refractivity contribution is -0.0244. The first-order chi connectivity index (χ1) is 7.31. The first-order valence-electron chi connectivity index (χ1n) is 6.02. The standard InChI is InChI=1S/C11H18N2O2/c14-11(12-8-2-1-3-8)13-6-9-4-5-10(7-13)15-9/h8-10H,1-7H2,(H,12,14). The predicted octanol–water partition coefficient (Wildman–Crippen LogP) is 1.11. The second-order valence-corrected chi connectivity index (χ2v) is 4.94. The van der Waals surface area contributed by atoms with Gasteiger partial charge >= 0.3 is 6.03 Å². The number of morpholine rings is 1. The van der Waals surface area contributed by atoms with E-state index in [0.717, 1.165) is 38.8 Å². The van der Waals surface area contributed by atoms with E-state index < -0.39 is 0 Å². The molecule has 3 rings (SSSR count). The molecule has 1 aliphatic carbocycles. The van der Waals surface area contributed by atoms with Gasteiger partial charge in [-0.25, -0.2) is 4.79 Å². The Morgan fingerprint density at radius 2 is 1.80 bits per heavy atom. The second-order valence-electron chi connectivity index (χ2n) is 4.94. The van der Waals surface area contributed by atoms with E-state index in [1.54, 1.807) is 0 Å². The molecule has 1 saturated carbocycles. The molecule has 0 spiro atoms. The Bertz CT molecular complexity index is 253. The zero-order valence-electron chi connectivity index (χ0n) is 8.95. The third-order valence-electron chi connectivity index (χ3n) is 3.76. The Morgan fingerprint density at radius 3 is 2.33 bits per heavy atom. The Balaban J connectivity index is 1.55. The van der Waals surface area contributed by atoms with Gasteiger partial charge in [-0.2, -0.15) is 0 Å². The number of fused-ring (bicyclic) bond motifs is 2. The van der Waals surface area contributed by atoms with E-state index in [-0.39, 0.29) is 6.03 Å². The summed E-state index contributed by atoms with van der Waals surface area (Å²) in [6.45, 7) is 1.57. The number of carbonyl (C=O) groups is 1. The van der Waals surface area contributed by atoms with Crippen LogP contribution in [-0.2, 0) is 4.74 Å². The number of likely N-dealkylation sites (tertiary alicyclic amines) is 1. The van der Waals surface area contributed by atoms with Crippen molar-refractivity contribution >= 4 is 6.03 Å². The molecule has 4 nitrogen and oxygen atoms in total. The first-order valence-corrected chi connectivity index (χ1v) is 6.02. The number of hydrogen-bond donors (Lipinski definition) is 1. The van der Waals surface area contributed by atoms with Crippen molar-refractivity contribution < 1.29 is 9.53 Å². The summed E-state index contributed by atoms with van der Waals surface area (Å²) in [5, 5.41) is 3.09. The van der Waals surface area contributed by atoms with Crippen molar-refractivity contribution in [1.82, 2.24) is 10.2 Å². The van der Waals surface area contributed by atoms with Gasteiger partial charge in [0.25, 0.3) is 0 Å². The highest BCUT2D eigenvalue weighted by molar-refractivity contribution is 5.74. The smallest absolute Gasteiger partial charge is 0.317 e. The minimum Gasteiger partial charge on any atom is -0.371 e. The number of nitrogens with zero attached hydrogens (tertiary/aromatic N) is 1. The lowest BCUT2D eigenvalue weighted by atomic mass is 9.93. The Hall–Kier alpha value is -0.770. The SMILES string of the molecule is O=C(NC1CCC1)N1CC2CCC(C1)O2. The fourth-order valence-corrected chi connectivity index (χ4v) is 2.60. The molecule has 0 aromatic rings. The highest BCUT2D eigenvalue weighted by atomic mass is 16.5. The summed E-state index contributed by atoms with van der Waals surface area (Å²) < 4.78 is 5.70. The van der Waals surface area contributed by atoms with Crippen LogP contribution in [0.3, 0.4) is 0 Å². The molecule has 2 atom stereocenters. The molecule has 15 heavy (non-hydrogen) atoms. The molecule has 2 heterocycles. The lowest BCUT2D eigenvalue weighted by Gasteiger charge is -2.35. The van der Waals surface area contributed by atoms with Crippen molar-refractivity contribution in [1.29, 1.82) is 0 Å². The fourth-order valence-electron chi connectivity index (χ4n) is 2.60. The van der Waals surface area contributed by atoms with Gasteiger partial charge in [-0.05, 0) is 32.1 Å². The molecule has 2 aliphatic heterocycles. The number of amides is 2. The van der Waals surface area contributed by atoms with E-state index in [1.807, 2.05) is 4.90 Å². The van der Waals surface area contributed by atoms with Crippen molar-refractivity contribution in [3.05, 3.63) is 0 Å². The van der Waals surface area contributed by atoms with Gasteiger partial charge in [-0.3, -0.25) is 0 Å². The van der Waals surface area contributed by atoms with Crippen molar-refractivity contribution in [3.63, 3.8) is 0 Å². The van der Waals surface area contributed by atoms with E-state index in [4.69, 9.17) is 4.74 Å². The third kappa shape index (κ3) is 1.83. The topological polar surface area (TPSA) is 41.6 Å². The monoisotopic (exact) mass is 210 g/mol. The molecule has 2 bridgehead atoms. The number of nitrogens with one attached hydrogen (secondary N) is 1. The van der Waals surface area contributed by atoms with Crippen LogP contribution >= 0.6 is 0 Å². The van der Waals surface area contributed by atoms with Crippen LogP contribution in [-0.4, -0.2) is 42.3 Å². The van der Waals surface area contributed by atoms with Crippen molar-refractivity contribution in [2.45, 2.75) is 50.4 Å². The van der Waals surface area contributed by atoms with Crippen molar-refractivity contribution in [3.8, 4) is 0 Å². The van der Waals surface area contributed by atoms with Crippen LogP contribution in [0.15, 0.2) is 0 Å². The quantitative estimate of drug-likeness (QED) is 0.704. The van der Waals surface area contributed by atoms with Crippen LogP contribution in [0.4, 0.5) is 4.79 Å². The third-order valence-corrected chi connectivity index (χ3v) is 3.76. The largest absolute Gasteiger partial charge is 0.371 e. The summed E-state index contributed by atoms with van der Waals surface area (Å²) in [5.74, 6) is 0. The molecule has 2 saturated heterocycles. The summed E-state index contributed by atoms with van der Waals surface area (Å²) in [6.07, 6.45) is 6.42. The molecule has 0 aromatic carbocycles. The van der Waals surface area contributed by atoms with Gasteiger partial charge in [-0.15, -0.1) is 0 Å². The molecular formula is C11H18N2O2. The van der Waals surface area contributed by atoms with Crippen LogP contribution in [0.1, 0.15) is 32.1 Å². The highest BCUT2D eigenvalue weighted by Crippen LogP contribution is 2.26. The zero-order chi connectivity index (χ0) is 10.3. The normalized spacial score (nSPS) is 35.1. The Morgan fingerprint density at radius 1 is 1.13 bits per heavy atom. The summed E-state index contributed by atoms with van der Waals surface area (Å²) in [6, 6.07) is 0.567. The van der Waals surface area contributed by atoms with E-state index in [1.165, 1.54) is 6.42 Å².